The summed E-state index contributed by atoms with van der Waals surface area (Å²) in [4.78, 5) is 4.27. The highest BCUT2D eigenvalue weighted by molar-refractivity contribution is 7.09. The monoisotopic (exact) mass is 268 g/mol. The molecule has 1 aromatic carbocycles. The molecule has 2 nitrogen and oxygen atoms in total. The Bertz CT molecular complexity index is 566. The SMILES string of the molecule is Cc1nc(CC(N)c2ccc(C)c(F)c2F)cs1. The lowest BCUT2D eigenvalue weighted by molar-refractivity contribution is 0.482. The normalized spacial score (nSPS) is 12.7. The molecule has 2 aromatic rings. The predicted octanol–water partition coefficient (Wildman–Crippen LogP) is 3.28. The number of nitrogens with two attached hydrogens (primary N) is 1. The Labute approximate surface area is 108 Å². The zero-order valence-electron chi connectivity index (χ0n) is 10.2. The van der Waals surface area contributed by atoms with E-state index in [2.05, 4.69) is 4.98 Å². The van der Waals surface area contributed by atoms with Crippen molar-refractivity contribution in [3.05, 3.63) is 51.0 Å². The minimum atomic E-state index is -0.852. The first-order valence-electron chi connectivity index (χ1n) is 5.60. The molecule has 0 fully saturated rings. The minimum Gasteiger partial charge on any atom is -0.324 e. The van der Waals surface area contributed by atoms with Crippen LogP contribution in [0.5, 0.6) is 0 Å². The van der Waals surface area contributed by atoms with E-state index in [1.54, 1.807) is 6.07 Å². The summed E-state index contributed by atoms with van der Waals surface area (Å²) in [6, 6.07) is 2.50. The van der Waals surface area contributed by atoms with Crippen LogP contribution in [0.25, 0.3) is 0 Å². The molecule has 5 heteroatoms. The molecule has 96 valence electrons. The first kappa shape index (κ1) is 13.1. The Balaban J connectivity index is 2.24. The molecule has 0 saturated heterocycles. The molecule has 0 radical (unpaired) electrons. The number of hydrogen-bond donors (Lipinski definition) is 1. The number of benzene rings is 1. The Morgan fingerprint density at radius 3 is 2.61 bits per heavy atom. The third-order valence-corrected chi connectivity index (χ3v) is 3.62. The van der Waals surface area contributed by atoms with Gasteiger partial charge in [-0.25, -0.2) is 13.8 Å². The maximum atomic E-state index is 13.7. The van der Waals surface area contributed by atoms with Crippen LogP contribution in [0.4, 0.5) is 8.78 Å². The molecule has 1 heterocycles. The first-order chi connectivity index (χ1) is 8.49. The van der Waals surface area contributed by atoms with Crippen LogP contribution in [0.2, 0.25) is 0 Å². The third-order valence-electron chi connectivity index (χ3n) is 2.80. The smallest absolute Gasteiger partial charge is 0.163 e. The van der Waals surface area contributed by atoms with Crippen molar-refractivity contribution >= 4 is 11.3 Å². The quantitative estimate of drug-likeness (QED) is 0.927. The standard InChI is InChI=1S/C13H14F2N2S/c1-7-3-4-10(13(15)12(7)14)11(16)5-9-6-18-8(2)17-9/h3-4,6,11H,5,16H2,1-2H3. The van der Waals surface area contributed by atoms with Crippen LogP contribution in [0, 0.1) is 25.5 Å². The third kappa shape index (κ3) is 2.57. The largest absolute Gasteiger partial charge is 0.324 e. The highest BCUT2D eigenvalue weighted by Gasteiger charge is 2.17. The summed E-state index contributed by atoms with van der Waals surface area (Å²) in [5.74, 6) is -1.67. The average molecular weight is 268 g/mol. The Hall–Kier alpha value is -1.33. The Kier molecular flexibility index (Phi) is 3.73. The van der Waals surface area contributed by atoms with Crippen molar-refractivity contribution in [2.24, 2.45) is 5.73 Å². The van der Waals surface area contributed by atoms with Gasteiger partial charge in [0.05, 0.1) is 10.7 Å². The van der Waals surface area contributed by atoms with E-state index in [1.807, 2.05) is 12.3 Å². The van der Waals surface area contributed by atoms with Gasteiger partial charge in [0.1, 0.15) is 0 Å². The molecule has 2 rings (SSSR count). The van der Waals surface area contributed by atoms with E-state index < -0.39 is 17.7 Å². The van der Waals surface area contributed by atoms with Crippen molar-refractivity contribution < 1.29 is 8.78 Å². The minimum absolute atomic E-state index is 0.198. The van der Waals surface area contributed by atoms with Crippen LogP contribution in [0.1, 0.15) is 27.9 Å². The van der Waals surface area contributed by atoms with Gasteiger partial charge in [-0.15, -0.1) is 11.3 Å². The van der Waals surface area contributed by atoms with Gasteiger partial charge in [-0.1, -0.05) is 12.1 Å². The van der Waals surface area contributed by atoms with Crippen LogP contribution in [0.3, 0.4) is 0 Å². The number of hydrogen-bond acceptors (Lipinski definition) is 3. The van der Waals surface area contributed by atoms with Gasteiger partial charge in [-0.05, 0) is 19.4 Å². The summed E-state index contributed by atoms with van der Waals surface area (Å²) in [5, 5.41) is 2.82. The summed E-state index contributed by atoms with van der Waals surface area (Å²) in [5.41, 5.74) is 7.21. The number of nitrogens with zero attached hydrogens (tertiary/aromatic N) is 1. The first-order valence-corrected chi connectivity index (χ1v) is 6.48. The molecule has 0 spiro atoms. The van der Waals surface area contributed by atoms with Crippen LogP contribution in [0.15, 0.2) is 17.5 Å². The lowest BCUT2D eigenvalue weighted by Gasteiger charge is -2.13. The molecule has 0 saturated carbocycles. The van der Waals surface area contributed by atoms with E-state index in [-0.39, 0.29) is 11.1 Å². The lowest BCUT2D eigenvalue weighted by atomic mass is 10.0. The van der Waals surface area contributed by atoms with Gasteiger partial charge in [0.15, 0.2) is 11.6 Å². The molecule has 0 amide bonds. The van der Waals surface area contributed by atoms with Crippen molar-refractivity contribution in [2.75, 3.05) is 0 Å². The van der Waals surface area contributed by atoms with Gasteiger partial charge < -0.3 is 5.73 Å². The van der Waals surface area contributed by atoms with Gasteiger partial charge in [0.25, 0.3) is 0 Å². The number of thiazole rings is 1. The maximum Gasteiger partial charge on any atom is 0.163 e. The molecule has 0 aliphatic carbocycles. The van der Waals surface area contributed by atoms with Gasteiger partial charge in [0, 0.05) is 23.4 Å². The number of aryl methyl sites for hydroxylation is 2. The van der Waals surface area contributed by atoms with Crippen molar-refractivity contribution in [1.29, 1.82) is 0 Å². The van der Waals surface area contributed by atoms with Gasteiger partial charge in [0.2, 0.25) is 0 Å². The molecule has 2 N–H and O–H groups in total. The topological polar surface area (TPSA) is 38.9 Å². The molecular formula is C13H14F2N2S. The van der Waals surface area contributed by atoms with E-state index in [9.17, 15) is 8.78 Å². The van der Waals surface area contributed by atoms with E-state index >= 15 is 0 Å². The Morgan fingerprint density at radius 1 is 1.28 bits per heavy atom. The number of halogens is 2. The predicted molar refractivity (Wildman–Crippen MR) is 68.6 cm³/mol. The van der Waals surface area contributed by atoms with E-state index in [1.165, 1.54) is 24.3 Å². The van der Waals surface area contributed by atoms with Crippen molar-refractivity contribution in [3.8, 4) is 0 Å². The second kappa shape index (κ2) is 5.12. The van der Waals surface area contributed by atoms with Crippen molar-refractivity contribution in [1.82, 2.24) is 4.98 Å². The molecule has 1 aromatic heterocycles. The van der Waals surface area contributed by atoms with Crippen molar-refractivity contribution in [3.63, 3.8) is 0 Å². The zero-order valence-corrected chi connectivity index (χ0v) is 11.0. The number of rotatable bonds is 3. The zero-order chi connectivity index (χ0) is 13.3. The summed E-state index contributed by atoms with van der Waals surface area (Å²) < 4.78 is 27.2. The summed E-state index contributed by atoms with van der Waals surface area (Å²) >= 11 is 1.52. The van der Waals surface area contributed by atoms with Crippen LogP contribution in [-0.4, -0.2) is 4.98 Å². The van der Waals surface area contributed by atoms with Crippen LogP contribution < -0.4 is 5.73 Å². The van der Waals surface area contributed by atoms with Gasteiger partial charge in [-0.3, -0.25) is 0 Å². The lowest BCUT2D eigenvalue weighted by Crippen LogP contribution is -2.16. The fraction of sp³-hybridized carbons (Fsp3) is 0.308. The molecule has 18 heavy (non-hydrogen) atoms. The highest BCUT2D eigenvalue weighted by atomic mass is 32.1. The molecule has 1 atom stereocenters. The molecular weight excluding hydrogens is 254 g/mol. The van der Waals surface area contributed by atoms with Crippen LogP contribution in [-0.2, 0) is 6.42 Å². The van der Waals surface area contributed by atoms with E-state index in [0.717, 1.165) is 10.7 Å². The van der Waals surface area contributed by atoms with Gasteiger partial charge >= 0.3 is 0 Å². The number of aromatic nitrogens is 1. The molecule has 1 unspecified atom stereocenters. The summed E-state index contributed by atoms with van der Waals surface area (Å²) in [6.07, 6.45) is 0.407. The maximum absolute atomic E-state index is 13.7. The van der Waals surface area contributed by atoms with Crippen LogP contribution >= 0.6 is 11.3 Å². The Morgan fingerprint density at radius 2 is 2.00 bits per heavy atom. The molecule has 0 bridgehead atoms. The average Bonchev–Trinajstić information content (AvgIpc) is 2.71. The van der Waals surface area contributed by atoms with E-state index in [4.69, 9.17) is 5.73 Å². The molecule has 0 aliphatic heterocycles. The summed E-state index contributed by atoms with van der Waals surface area (Å²) in [7, 11) is 0. The second-order valence-corrected chi connectivity index (χ2v) is 5.33. The van der Waals surface area contributed by atoms with E-state index in [0.29, 0.717) is 6.42 Å². The highest BCUT2D eigenvalue weighted by Crippen LogP contribution is 2.23. The van der Waals surface area contributed by atoms with Gasteiger partial charge in [-0.2, -0.15) is 0 Å². The molecule has 0 aliphatic rings. The fourth-order valence-electron chi connectivity index (χ4n) is 1.78. The summed E-state index contributed by atoms with van der Waals surface area (Å²) in [6.45, 7) is 3.42. The fourth-order valence-corrected chi connectivity index (χ4v) is 2.41. The van der Waals surface area contributed by atoms with Crippen molar-refractivity contribution in [2.45, 2.75) is 26.3 Å². The second-order valence-electron chi connectivity index (χ2n) is 4.27.